The van der Waals surface area contributed by atoms with E-state index in [0.717, 1.165) is 5.56 Å². The number of imidazole rings is 1. The summed E-state index contributed by atoms with van der Waals surface area (Å²) in [4.78, 5) is 36.8. The fourth-order valence-electron chi connectivity index (χ4n) is 5.14. The van der Waals surface area contributed by atoms with E-state index in [1.54, 1.807) is 29.1 Å². The average Bonchev–Trinajstić information content (AvgIpc) is 3.72. The molecule has 13 heteroatoms. The van der Waals surface area contributed by atoms with E-state index in [-0.39, 0.29) is 24.6 Å². The molecule has 4 unspecified atom stereocenters. The van der Waals surface area contributed by atoms with Crippen LogP contribution in [0.1, 0.15) is 34.6 Å². The van der Waals surface area contributed by atoms with Crippen LogP contribution in [0.3, 0.4) is 0 Å². The number of amides is 2. The van der Waals surface area contributed by atoms with Crippen LogP contribution in [0, 0.1) is 0 Å². The van der Waals surface area contributed by atoms with E-state index in [1.807, 2.05) is 49.4 Å². The lowest BCUT2D eigenvalue weighted by atomic mass is 10.1. The van der Waals surface area contributed by atoms with Crippen molar-refractivity contribution in [1.29, 1.82) is 0 Å². The zero-order chi connectivity index (χ0) is 29.8. The number of aromatic nitrogens is 4. The molecule has 2 aromatic carbocycles. The van der Waals surface area contributed by atoms with Crippen molar-refractivity contribution in [3.05, 3.63) is 90.0 Å². The van der Waals surface area contributed by atoms with Gasteiger partial charge in [-0.05, 0) is 30.2 Å². The molecule has 0 saturated carbocycles. The van der Waals surface area contributed by atoms with Crippen molar-refractivity contribution in [2.45, 2.75) is 44.4 Å². The number of hydrogen-bond acceptors (Lipinski definition) is 9. The predicted octanol–water partition coefficient (Wildman–Crippen LogP) is 3.60. The third-order valence-electron chi connectivity index (χ3n) is 7.10. The minimum absolute atomic E-state index is 0.0820. The number of benzene rings is 2. The van der Waals surface area contributed by atoms with Crippen molar-refractivity contribution in [1.82, 2.24) is 24.8 Å². The minimum atomic E-state index is -1.02. The Balaban J connectivity index is 1.24. The summed E-state index contributed by atoms with van der Waals surface area (Å²) in [5, 5.41) is 14.9. The lowest BCUT2D eigenvalue weighted by molar-refractivity contribution is -0.139. The highest BCUT2D eigenvalue weighted by Gasteiger charge is 2.53. The summed E-state index contributed by atoms with van der Waals surface area (Å²) in [6.07, 6.45) is 3.75. The lowest BCUT2D eigenvalue weighted by Gasteiger charge is -2.20. The van der Waals surface area contributed by atoms with Crippen molar-refractivity contribution >= 4 is 35.1 Å². The van der Waals surface area contributed by atoms with E-state index >= 15 is 0 Å². The average molecular weight is 587 g/mol. The quantitative estimate of drug-likeness (QED) is 0.251. The van der Waals surface area contributed by atoms with Gasteiger partial charge in [-0.2, -0.15) is 0 Å². The van der Waals surface area contributed by atoms with Crippen LogP contribution < -0.4 is 10.6 Å². The molecule has 43 heavy (non-hydrogen) atoms. The Hall–Kier alpha value is -4.69. The molecule has 4 aromatic rings. The summed E-state index contributed by atoms with van der Waals surface area (Å²) in [6, 6.07) is 16.1. The first-order valence-corrected chi connectivity index (χ1v) is 13.8. The first-order chi connectivity index (χ1) is 21.0. The molecule has 0 spiro atoms. The van der Waals surface area contributed by atoms with Crippen molar-refractivity contribution in [3.8, 4) is 0 Å². The van der Waals surface area contributed by atoms with Crippen LogP contribution in [-0.4, -0.2) is 74.4 Å². The van der Waals surface area contributed by atoms with Gasteiger partial charge in [0, 0.05) is 6.54 Å². The monoisotopic (exact) mass is 586 g/mol. The summed E-state index contributed by atoms with van der Waals surface area (Å²) in [5.41, 5.74) is 2.56. The van der Waals surface area contributed by atoms with Crippen LogP contribution in [0.25, 0.3) is 17.2 Å². The van der Waals surface area contributed by atoms with Gasteiger partial charge in [-0.3, -0.25) is 9.88 Å². The maximum absolute atomic E-state index is 12.1. The van der Waals surface area contributed by atoms with Crippen molar-refractivity contribution < 1.29 is 33.6 Å². The second-order valence-corrected chi connectivity index (χ2v) is 9.91. The van der Waals surface area contributed by atoms with Gasteiger partial charge in [0.05, 0.1) is 25.1 Å². The lowest BCUT2D eigenvalue weighted by Crippen LogP contribution is -2.32. The highest BCUT2D eigenvalue weighted by Crippen LogP contribution is 2.41. The number of rotatable bonds is 10. The van der Waals surface area contributed by atoms with Gasteiger partial charge >= 0.3 is 12.0 Å². The second-order valence-electron chi connectivity index (χ2n) is 9.91. The van der Waals surface area contributed by atoms with E-state index in [9.17, 15) is 14.7 Å². The van der Waals surface area contributed by atoms with Gasteiger partial charge < -0.3 is 29.4 Å². The molecule has 0 radical (unpaired) electrons. The van der Waals surface area contributed by atoms with E-state index in [1.165, 1.54) is 12.4 Å². The molecule has 0 aliphatic carbocycles. The second kappa shape index (κ2) is 12.7. The number of urea groups is 1. The third kappa shape index (κ3) is 6.10. The van der Waals surface area contributed by atoms with Gasteiger partial charge in [0.15, 0.2) is 29.5 Å². The molecule has 2 aliphatic heterocycles. The highest BCUT2D eigenvalue weighted by molar-refractivity contribution is 5.95. The number of anilines is 1. The zero-order valence-corrected chi connectivity index (χ0v) is 23.2. The zero-order valence-electron chi connectivity index (χ0n) is 23.2. The number of carboxylic acid groups (broad SMARTS) is 1. The first-order valence-electron chi connectivity index (χ1n) is 13.8. The standard InChI is InChI=1S/C30H30N6O7/c1-2-31-30(39)35-26-23-27(33-16-32-26)36(17-34-23)28-25-24(42-22(43-25)13-12-18-8-4-3-5-9-18)21(41-28)15-40-14-19-10-6-7-11-20(19)29(37)38/h3-13,16-17,21-22,24-25,28H,2,14-15H2,1H3,(H,37,38)(H2,31,32,33,35,39)/t21?,22-,24?,25?,28?/m0/s1. The highest BCUT2D eigenvalue weighted by atomic mass is 16.8. The number of aromatic carboxylic acids is 1. The molecule has 222 valence electrons. The van der Waals surface area contributed by atoms with Crippen LogP contribution >= 0.6 is 0 Å². The maximum atomic E-state index is 12.1. The topological polar surface area (TPSA) is 159 Å². The molecule has 2 fully saturated rings. The Morgan fingerprint density at radius 2 is 1.81 bits per heavy atom. The smallest absolute Gasteiger partial charge is 0.336 e. The number of fused-ring (bicyclic) bond motifs is 2. The van der Waals surface area contributed by atoms with Gasteiger partial charge in [0.2, 0.25) is 0 Å². The van der Waals surface area contributed by atoms with E-state index in [4.69, 9.17) is 18.9 Å². The molecule has 4 heterocycles. The van der Waals surface area contributed by atoms with Crippen molar-refractivity contribution in [2.75, 3.05) is 18.5 Å². The molecule has 6 rings (SSSR count). The van der Waals surface area contributed by atoms with E-state index in [2.05, 4.69) is 25.6 Å². The molecule has 5 atom stereocenters. The normalized spacial score (nSPS) is 23.0. The van der Waals surface area contributed by atoms with E-state index < -0.39 is 42.8 Å². The van der Waals surface area contributed by atoms with Crippen LogP contribution in [0.5, 0.6) is 0 Å². The molecular weight excluding hydrogens is 556 g/mol. The molecule has 2 saturated heterocycles. The molecule has 13 nitrogen and oxygen atoms in total. The summed E-state index contributed by atoms with van der Waals surface area (Å²) in [7, 11) is 0. The Kier molecular flexibility index (Phi) is 8.38. The molecule has 2 aromatic heterocycles. The molecule has 2 amide bonds. The fraction of sp³-hybridized carbons (Fsp3) is 0.300. The molecule has 2 aliphatic rings. The Morgan fingerprint density at radius 3 is 2.63 bits per heavy atom. The Labute approximate surface area is 246 Å². The number of carbonyl (C=O) groups is 2. The SMILES string of the molecule is CCNC(=O)Nc1ncnc2c1ncn2C1OC(COCc2ccccc2C(=O)O)C2O[C@H](C=Cc3ccccc3)OC21. The summed E-state index contributed by atoms with van der Waals surface area (Å²) in [6.45, 7) is 2.47. The predicted molar refractivity (Wildman–Crippen MR) is 154 cm³/mol. The third-order valence-corrected chi connectivity index (χ3v) is 7.10. The Morgan fingerprint density at radius 1 is 1.02 bits per heavy atom. The molecular formula is C30H30N6O7. The number of ether oxygens (including phenoxy) is 4. The summed E-state index contributed by atoms with van der Waals surface area (Å²) < 4.78 is 26.7. The first kappa shape index (κ1) is 28.4. The van der Waals surface area contributed by atoms with Gasteiger partial charge in [0.1, 0.15) is 24.6 Å². The van der Waals surface area contributed by atoms with Crippen molar-refractivity contribution in [2.24, 2.45) is 0 Å². The number of nitrogens with one attached hydrogen (secondary N) is 2. The van der Waals surface area contributed by atoms with Crippen LogP contribution in [0.15, 0.2) is 73.3 Å². The number of hydrogen-bond donors (Lipinski definition) is 3. The Bertz CT molecular complexity index is 1630. The van der Waals surface area contributed by atoms with Gasteiger partial charge in [-0.1, -0.05) is 54.6 Å². The fourth-order valence-corrected chi connectivity index (χ4v) is 5.14. The molecule has 0 bridgehead atoms. The van der Waals surface area contributed by atoms with Gasteiger partial charge in [-0.15, -0.1) is 0 Å². The maximum Gasteiger partial charge on any atom is 0.336 e. The number of carboxylic acids is 1. The number of nitrogens with zero attached hydrogens (tertiary/aromatic N) is 4. The summed E-state index contributed by atoms with van der Waals surface area (Å²) in [5.74, 6) is -0.763. The van der Waals surface area contributed by atoms with Gasteiger partial charge in [0.25, 0.3) is 0 Å². The minimum Gasteiger partial charge on any atom is -0.478 e. The summed E-state index contributed by atoms with van der Waals surface area (Å²) >= 11 is 0. The van der Waals surface area contributed by atoms with Crippen LogP contribution in [0.2, 0.25) is 0 Å². The van der Waals surface area contributed by atoms with Gasteiger partial charge in [-0.25, -0.2) is 24.5 Å². The van der Waals surface area contributed by atoms with Crippen LogP contribution in [0.4, 0.5) is 10.6 Å². The van der Waals surface area contributed by atoms with E-state index in [0.29, 0.717) is 23.3 Å². The van der Waals surface area contributed by atoms with Crippen LogP contribution in [-0.2, 0) is 25.6 Å². The van der Waals surface area contributed by atoms with Crippen molar-refractivity contribution in [3.63, 3.8) is 0 Å². The largest absolute Gasteiger partial charge is 0.478 e. The number of carbonyl (C=O) groups excluding carboxylic acids is 1. The molecule has 3 N–H and O–H groups in total.